The van der Waals surface area contributed by atoms with Gasteiger partial charge >= 0.3 is 5.69 Å². The van der Waals surface area contributed by atoms with E-state index in [1.165, 1.54) is 0 Å². The van der Waals surface area contributed by atoms with Gasteiger partial charge < -0.3 is 14.6 Å². The number of rotatable bonds is 7. The second kappa shape index (κ2) is 8.60. The summed E-state index contributed by atoms with van der Waals surface area (Å²) in [5.74, 6) is 1.11. The van der Waals surface area contributed by atoms with Gasteiger partial charge in [0.25, 0.3) is 0 Å². The molecule has 0 aliphatic rings. The standard InChI is InChI=1S/C22H15ClN6O4/c23-14-6-8-15(9-7-14)28(13-16-4-3-11-32-16)18-12-17(25-19-5-1-2-10-24-19)22(29(30)31)21-20(18)26-33-27-21/h1-12H,13H2,(H,24,25). The van der Waals surface area contributed by atoms with Crippen LogP contribution in [0.1, 0.15) is 5.76 Å². The molecule has 11 heteroatoms. The van der Waals surface area contributed by atoms with E-state index in [9.17, 15) is 10.1 Å². The van der Waals surface area contributed by atoms with Crippen LogP contribution in [-0.2, 0) is 6.54 Å². The Bertz CT molecular complexity index is 1400. The predicted octanol–water partition coefficient (Wildman–Crippen LogP) is 5.85. The molecule has 0 aliphatic heterocycles. The minimum absolute atomic E-state index is 0.00865. The smallest absolute Gasteiger partial charge is 0.324 e. The van der Waals surface area contributed by atoms with Crippen molar-refractivity contribution >= 4 is 51.2 Å². The maximum atomic E-state index is 12.0. The molecular formula is C22H15ClN6O4. The van der Waals surface area contributed by atoms with Gasteiger partial charge in [-0.1, -0.05) is 17.7 Å². The van der Waals surface area contributed by atoms with Gasteiger partial charge in [-0.15, -0.1) is 0 Å². The fraction of sp³-hybridized carbons (Fsp3) is 0.0455. The lowest BCUT2D eigenvalue weighted by Crippen LogP contribution is -2.17. The van der Waals surface area contributed by atoms with Crippen LogP contribution in [0.4, 0.5) is 28.6 Å². The molecule has 0 atom stereocenters. The van der Waals surface area contributed by atoms with Crippen molar-refractivity contribution in [3.8, 4) is 0 Å². The zero-order valence-electron chi connectivity index (χ0n) is 16.9. The summed E-state index contributed by atoms with van der Waals surface area (Å²) in [6.45, 7) is 0.317. The van der Waals surface area contributed by atoms with Crippen molar-refractivity contribution in [2.75, 3.05) is 10.2 Å². The van der Waals surface area contributed by atoms with Gasteiger partial charge in [-0.05, 0) is 64.9 Å². The van der Waals surface area contributed by atoms with E-state index < -0.39 is 4.92 Å². The first-order chi connectivity index (χ1) is 16.1. The SMILES string of the molecule is O=[N+]([O-])c1c(Nc2ccccn2)cc(N(Cc2ccco2)c2ccc(Cl)cc2)c2nonc12. The van der Waals surface area contributed by atoms with Gasteiger partial charge in [0, 0.05) is 16.9 Å². The predicted molar refractivity (Wildman–Crippen MR) is 122 cm³/mol. The van der Waals surface area contributed by atoms with Crippen LogP contribution in [0.15, 0.2) is 82.2 Å². The molecule has 0 aliphatic carbocycles. The molecule has 2 aromatic carbocycles. The number of anilines is 4. The summed E-state index contributed by atoms with van der Waals surface area (Å²) in [7, 11) is 0. The number of fused-ring (bicyclic) bond motifs is 1. The van der Waals surface area contributed by atoms with Crippen LogP contribution >= 0.6 is 11.6 Å². The Morgan fingerprint density at radius 2 is 1.88 bits per heavy atom. The Labute approximate surface area is 191 Å². The third kappa shape index (κ3) is 4.06. The van der Waals surface area contributed by atoms with Gasteiger partial charge in [0.15, 0.2) is 5.52 Å². The number of nitro groups is 1. The average Bonchev–Trinajstić information content (AvgIpc) is 3.50. The van der Waals surface area contributed by atoms with E-state index in [4.69, 9.17) is 20.6 Å². The molecule has 3 aromatic heterocycles. The van der Waals surface area contributed by atoms with Gasteiger partial charge in [0.1, 0.15) is 17.3 Å². The van der Waals surface area contributed by atoms with Crippen LogP contribution in [0.3, 0.4) is 0 Å². The molecule has 0 bridgehead atoms. The first kappa shape index (κ1) is 20.5. The number of aromatic nitrogens is 3. The molecule has 0 saturated heterocycles. The lowest BCUT2D eigenvalue weighted by atomic mass is 10.1. The summed E-state index contributed by atoms with van der Waals surface area (Å²) in [5, 5.41) is 23.4. The van der Waals surface area contributed by atoms with Crippen molar-refractivity contribution in [1.29, 1.82) is 0 Å². The van der Waals surface area contributed by atoms with E-state index in [0.29, 0.717) is 28.8 Å². The second-order valence-electron chi connectivity index (χ2n) is 6.99. The topological polar surface area (TPSA) is 123 Å². The van der Waals surface area contributed by atoms with Crippen molar-refractivity contribution in [1.82, 2.24) is 15.3 Å². The van der Waals surface area contributed by atoms with Crippen LogP contribution in [-0.4, -0.2) is 20.2 Å². The van der Waals surface area contributed by atoms with Gasteiger partial charge in [-0.25, -0.2) is 9.61 Å². The van der Waals surface area contributed by atoms with E-state index in [1.807, 2.05) is 23.1 Å². The number of nitro benzene ring substituents is 1. The third-order valence-corrected chi connectivity index (χ3v) is 5.18. The summed E-state index contributed by atoms with van der Waals surface area (Å²) in [6, 6.07) is 17.6. The van der Waals surface area contributed by atoms with E-state index in [1.54, 1.807) is 54.9 Å². The number of hydrogen-bond acceptors (Lipinski definition) is 9. The number of pyridine rings is 1. The zero-order chi connectivity index (χ0) is 22.8. The maximum Gasteiger partial charge on any atom is 0.324 e. The molecule has 0 fully saturated rings. The van der Waals surface area contributed by atoms with Crippen molar-refractivity contribution in [3.05, 3.63) is 94.0 Å². The van der Waals surface area contributed by atoms with Crippen LogP contribution in [0, 0.1) is 10.1 Å². The Morgan fingerprint density at radius 3 is 2.58 bits per heavy atom. The van der Waals surface area contributed by atoms with E-state index in [0.717, 1.165) is 5.69 Å². The number of halogens is 1. The quantitative estimate of drug-likeness (QED) is 0.234. The highest BCUT2D eigenvalue weighted by atomic mass is 35.5. The molecule has 0 saturated carbocycles. The Hall–Kier alpha value is -4.44. The monoisotopic (exact) mass is 462 g/mol. The number of hydrogen-bond donors (Lipinski definition) is 1. The molecule has 5 aromatic rings. The highest BCUT2D eigenvalue weighted by Crippen LogP contribution is 2.42. The van der Waals surface area contributed by atoms with Gasteiger partial charge in [-0.3, -0.25) is 10.1 Å². The first-order valence-corrected chi connectivity index (χ1v) is 10.1. The molecule has 0 radical (unpaired) electrons. The van der Waals surface area contributed by atoms with Crippen molar-refractivity contribution in [2.45, 2.75) is 6.54 Å². The fourth-order valence-corrected chi connectivity index (χ4v) is 3.59. The van der Waals surface area contributed by atoms with E-state index >= 15 is 0 Å². The number of nitrogens with one attached hydrogen (secondary N) is 1. The molecular weight excluding hydrogens is 448 g/mol. The molecule has 33 heavy (non-hydrogen) atoms. The lowest BCUT2D eigenvalue weighted by Gasteiger charge is -2.25. The highest BCUT2D eigenvalue weighted by molar-refractivity contribution is 6.30. The van der Waals surface area contributed by atoms with Crippen molar-refractivity contribution in [2.24, 2.45) is 0 Å². The highest BCUT2D eigenvalue weighted by Gasteiger charge is 2.29. The summed E-state index contributed by atoms with van der Waals surface area (Å²) in [4.78, 5) is 17.5. The van der Waals surface area contributed by atoms with Crippen LogP contribution < -0.4 is 10.2 Å². The van der Waals surface area contributed by atoms with Crippen LogP contribution in [0.25, 0.3) is 11.0 Å². The zero-order valence-corrected chi connectivity index (χ0v) is 17.6. The third-order valence-electron chi connectivity index (χ3n) is 4.92. The molecule has 5 rings (SSSR count). The Kier molecular flexibility index (Phi) is 5.33. The minimum Gasteiger partial charge on any atom is -0.467 e. The maximum absolute atomic E-state index is 12.0. The molecule has 10 nitrogen and oxygen atoms in total. The first-order valence-electron chi connectivity index (χ1n) is 9.77. The average molecular weight is 463 g/mol. The normalized spacial score (nSPS) is 10.9. The van der Waals surface area contributed by atoms with E-state index in [2.05, 4.69) is 20.6 Å². The number of furan rings is 1. The van der Waals surface area contributed by atoms with E-state index in [-0.39, 0.29) is 22.4 Å². The molecule has 3 heterocycles. The Balaban J connectivity index is 1.71. The molecule has 0 unspecified atom stereocenters. The molecule has 1 N–H and O–H groups in total. The van der Waals surface area contributed by atoms with Crippen molar-refractivity contribution < 1.29 is 14.0 Å². The lowest BCUT2D eigenvalue weighted by molar-refractivity contribution is -0.382. The molecule has 0 spiro atoms. The summed E-state index contributed by atoms with van der Waals surface area (Å²) >= 11 is 6.09. The Morgan fingerprint density at radius 1 is 1.06 bits per heavy atom. The van der Waals surface area contributed by atoms with Gasteiger partial charge in [0.05, 0.1) is 23.4 Å². The molecule has 0 amide bonds. The molecule has 164 valence electrons. The summed E-state index contributed by atoms with van der Waals surface area (Å²) in [5.41, 5.74) is 1.45. The minimum atomic E-state index is -0.527. The van der Waals surface area contributed by atoms with Gasteiger partial charge in [0.2, 0.25) is 5.52 Å². The fourth-order valence-electron chi connectivity index (χ4n) is 3.47. The van der Waals surface area contributed by atoms with Gasteiger partial charge in [-0.2, -0.15) is 0 Å². The second-order valence-corrected chi connectivity index (χ2v) is 7.43. The summed E-state index contributed by atoms with van der Waals surface area (Å²) < 4.78 is 10.5. The largest absolute Gasteiger partial charge is 0.467 e. The van der Waals surface area contributed by atoms with Crippen LogP contribution in [0.2, 0.25) is 5.02 Å². The number of nitrogens with zero attached hydrogens (tertiary/aromatic N) is 5. The van der Waals surface area contributed by atoms with Crippen molar-refractivity contribution in [3.63, 3.8) is 0 Å². The number of benzene rings is 2. The summed E-state index contributed by atoms with van der Waals surface area (Å²) in [6.07, 6.45) is 3.16. The van der Waals surface area contributed by atoms with Crippen LogP contribution in [0.5, 0.6) is 0 Å².